The molecule has 1 saturated heterocycles. The molecule has 3 aliphatic rings. The highest BCUT2D eigenvalue weighted by molar-refractivity contribution is 7.90. The number of rotatable bonds is 10. The van der Waals surface area contributed by atoms with Crippen LogP contribution in [0.15, 0.2) is 48.5 Å². The van der Waals surface area contributed by atoms with Crippen molar-refractivity contribution in [3.8, 4) is 0 Å². The zero-order chi connectivity index (χ0) is 27.2. The first kappa shape index (κ1) is 27.6. The van der Waals surface area contributed by atoms with Crippen LogP contribution in [0.2, 0.25) is 10.0 Å². The third-order valence-electron chi connectivity index (χ3n) is 8.47. The lowest BCUT2D eigenvalue weighted by molar-refractivity contribution is -0.157. The molecular weight excluding hydrogens is 543 g/mol. The molecule has 2 saturated carbocycles. The lowest BCUT2D eigenvalue weighted by Gasteiger charge is -2.52. The second-order valence-corrected chi connectivity index (χ2v) is 14.6. The zero-order valence-corrected chi connectivity index (χ0v) is 24.1. The minimum Gasteiger partial charge on any atom is -0.330 e. The van der Waals surface area contributed by atoms with E-state index >= 15 is 0 Å². The minimum absolute atomic E-state index is 0.0976. The maximum absolute atomic E-state index is 14.4. The number of hydrogen-bond donors (Lipinski definition) is 0. The summed E-state index contributed by atoms with van der Waals surface area (Å²) in [5.41, 5.74) is 0.999. The molecule has 5 rings (SSSR count). The van der Waals surface area contributed by atoms with E-state index in [1.807, 2.05) is 60.4 Å². The fourth-order valence-electron chi connectivity index (χ4n) is 6.05. The molecule has 2 aromatic carbocycles. The molecule has 2 aliphatic carbocycles. The number of likely N-dealkylation sites (tertiary alicyclic amines) is 1. The second kappa shape index (κ2) is 10.6. The molecule has 1 heterocycles. The van der Waals surface area contributed by atoms with Crippen molar-refractivity contribution in [3.63, 3.8) is 0 Å². The summed E-state index contributed by atoms with van der Waals surface area (Å²) < 4.78 is 27.7. The summed E-state index contributed by atoms with van der Waals surface area (Å²) in [7, 11) is -1.78. The monoisotopic (exact) mass is 576 g/mol. The number of carbonyl (C=O) groups excluding carboxylic acids is 2. The van der Waals surface area contributed by atoms with Crippen molar-refractivity contribution in [1.29, 1.82) is 0 Å². The van der Waals surface area contributed by atoms with E-state index in [1.165, 1.54) is 4.31 Å². The van der Waals surface area contributed by atoms with Gasteiger partial charge in [-0.15, -0.1) is 0 Å². The van der Waals surface area contributed by atoms with Gasteiger partial charge < -0.3 is 9.69 Å². The van der Waals surface area contributed by atoms with E-state index in [9.17, 15) is 18.0 Å². The number of aldehydes is 1. The predicted octanol–water partition coefficient (Wildman–Crippen LogP) is 5.85. The van der Waals surface area contributed by atoms with E-state index in [0.29, 0.717) is 29.3 Å². The van der Waals surface area contributed by atoms with E-state index in [2.05, 4.69) is 0 Å². The first-order valence-corrected chi connectivity index (χ1v) is 15.5. The Labute approximate surface area is 235 Å². The summed E-state index contributed by atoms with van der Waals surface area (Å²) in [6, 6.07) is 14.5. The van der Waals surface area contributed by atoms with Crippen LogP contribution in [0.3, 0.4) is 0 Å². The van der Waals surface area contributed by atoms with Gasteiger partial charge in [0, 0.05) is 42.0 Å². The SMILES string of the molecule is CN(C[C@@H](C1CC1)N1C(=O)[C@@](C)(CC=O)C[C@H](c2cccc(Cl)c2)[C@H]1c1ccc(Cl)cc1)S(=O)(=O)C1CC1. The van der Waals surface area contributed by atoms with Crippen LogP contribution in [0.25, 0.3) is 0 Å². The van der Waals surface area contributed by atoms with Crippen LogP contribution >= 0.6 is 23.2 Å². The van der Waals surface area contributed by atoms with Gasteiger partial charge in [-0.05, 0) is 73.4 Å². The van der Waals surface area contributed by atoms with E-state index in [0.717, 1.165) is 30.3 Å². The fraction of sp³-hybridized carbons (Fsp3) is 0.517. The summed E-state index contributed by atoms with van der Waals surface area (Å²) in [5, 5.41) is 0.879. The summed E-state index contributed by atoms with van der Waals surface area (Å²) in [5.74, 6) is -0.0507. The lowest BCUT2D eigenvalue weighted by Crippen LogP contribution is -2.59. The number of hydrogen-bond acceptors (Lipinski definition) is 4. The topological polar surface area (TPSA) is 74.8 Å². The van der Waals surface area contributed by atoms with Crippen LogP contribution < -0.4 is 0 Å². The largest absolute Gasteiger partial charge is 0.330 e. The molecule has 0 spiro atoms. The predicted molar refractivity (Wildman–Crippen MR) is 150 cm³/mol. The maximum Gasteiger partial charge on any atom is 0.229 e. The molecule has 0 N–H and O–H groups in total. The maximum atomic E-state index is 14.4. The van der Waals surface area contributed by atoms with Crippen LogP contribution in [0, 0.1) is 11.3 Å². The molecular formula is C29H34Cl2N2O4S. The molecule has 38 heavy (non-hydrogen) atoms. The highest BCUT2D eigenvalue weighted by Crippen LogP contribution is 2.54. The van der Waals surface area contributed by atoms with Gasteiger partial charge in [0.1, 0.15) is 6.29 Å². The van der Waals surface area contributed by atoms with Crippen molar-refractivity contribution in [2.45, 2.75) is 68.7 Å². The Morgan fingerprint density at radius 2 is 1.74 bits per heavy atom. The van der Waals surface area contributed by atoms with Crippen molar-refractivity contribution in [3.05, 3.63) is 69.7 Å². The summed E-state index contributed by atoms with van der Waals surface area (Å²) in [4.78, 5) is 28.2. The van der Waals surface area contributed by atoms with Crippen LogP contribution in [-0.4, -0.2) is 54.7 Å². The highest BCUT2D eigenvalue weighted by atomic mass is 35.5. The Balaban J connectivity index is 1.64. The van der Waals surface area contributed by atoms with Gasteiger partial charge in [0.15, 0.2) is 0 Å². The molecule has 1 aliphatic heterocycles. The molecule has 0 aromatic heterocycles. The van der Waals surface area contributed by atoms with E-state index in [-0.39, 0.29) is 48.0 Å². The van der Waals surface area contributed by atoms with Gasteiger partial charge in [-0.2, -0.15) is 0 Å². The van der Waals surface area contributed by atoms with E-state index in [1.54, 1.807) is 7.05 Å². The lowest BCUT2D eigenvalue weighted by atomic mass is 9.67. The molecule has 2 aromatic rings. The van der Waals surface area contributed by atoms with Crippen molar-refractivity contribution < 1.29 is 18.0 Å². The molecule has 204 valence electrons. The molecule has 6 nitrogen and oxygen atoms in total. The third kappa shape index (κ3) is 5.40. The molecule has 4 atom stereocenters. The number of nitrogens with zero attached hydrogens (tertiary/aromatic N) is 2. The zero-order valence-electron chi connectivity index (χ0n) is 21.7. The number of piperidine rings is 1. The fourth-order valence-corrected chi connectivity index (χ4v) is 7.98. The standard InChI is InChI=1S/C29H34Cl2N2O4S/c1-29(14-15-34)17-25(21-4-3-5-23(31)16-21)27(20-8-10-22(30)11-9-20)33(28(29)35)26(19-6-7-19)18-32(2)38(36,37)24-12-13-24/h3-5,8-11,15-16,19,24-27H,6-7,12-14,17-18H2,1-2H3/t25-,26+,27-,29+/m1/s1. The summed E-state index contributed by atoms with van der Waals surface area (Å²) in [6.07, 6.45) is 4.64. The molecule has 0 bridgehead atoms. The minimum atomic E-state index is -3.42. The van der Waals surface area contributed by atoms with E-state index in [4.69, 9.17) is 23.2 Å². The number of likely N-dealkylation sites (N-methyl/N-ethyl adjacent to an activating group) is 1. The summed E-state index contributed by atoms with van der Waals surface area (Å²) >= 11 is 12.7. The molecule has 0 radical (unpaired) electrons. The molecule has 9 heteroatoms. The Morgan fingerprint density at radius 1 is 1.05 bits per heavy atom. The van der Waals surface area contributed by atoms with Gasteiger partial charge in [-0.1, -0.05) is 54.4 Å². The van der Waals surface area contributed by atoms with Crippen molar-refractivity contribution in [2.75, 3.05) is 13.6 Å². The van der Waals surface area contributed by atoms with Gasteiger partial charge in [-0.3, -0.25) is 4.79 Å². The van der Waals surface area contributed by atoms with Gasteiger partial charge in [0.05, 0.1) is 16.7 Å². The molecule has 3 fully saturated rings. The Bertz CT molecular complexity index is 1310. The highest BCUT2D eigenvalue weighted by Gasteiger charge is 2.54. The number of sulfonamides is 1. The first-order chi connectivity index (χ1) is 18.0. The van der Waals surface area contributed by atoms with Crippen LogP contribution in [0.5, 0.6) is 0 Å². The third-order valence-corrected chi connectivity index (χ3v) is 11.3. The quantitative estimate of drug-likeness (QED) is 0.332. The average Bonchev–Trinajstić information content (AvgIpc) is 3.78. The van der Waals surface area contributed by atoms with Crippen molar-refractivity contribution in [1.82, 2.24) is 9.21 Å². The van der Waals surface area contributed by atoms with Gasteiger partial charge >= 0.3 is 0 Å². The van der Waals surface area contributed by atoms with Crippen LogP contribution in [0.4, 0.5) is 0 Å². The smallest absolute Gasteiger partial charge is 0.229 e. The number of benzene rings is 2. The average molecular weight is 578 g/mol. The van der Waals surface area contributed by atoms with Crippen molar-refractivity contribution in [2.24, 2.45) is 11.3 Å². The summed E-state index contributed by atoms with van der Waals surface area (Å²) in [6.45, 7) is 2.10. The van der Waals surface area contributed by atoms with Crippen LogP contribution in [-0.2, 0) is 19.6 Å². The van der Waals surface area contributed by atoms with Gasteiger partial charge in [0.25, 0.3) is 0 Å². The first-order valence-electron chi connectivity index (χ1n) is 13.3. The van der Waals surface area contributed by atoms with E-state index < -0.39 is 15.4 Å². The normalized spacial score (nSPS) is 27.0. The van der Waals surface area contributed by atoms with Crippen LogP contribution in [0.1, 0.15) is 68.5 Å². The molecule has 0 unspecified atom stereocenters. The Hall–Kier alpha value is -1.93. The van der Waals surface area contributed by atoms with Crippen molar-refractivity contribution >= 4 is 45.4 Å². The Morgan fingerprint density at radius 3 is 2.32 bits per heavy atom. The number of carbonyl (C=O) groups is 2. The molecule has 1 amide bonds. The number of halogens is 2. The second-order valence-electron chi connectivity index (χ2n) is 11.4. The van der Waals surface area contributed by atoms with Gasteiger partial charge in [0.2, 0.25) is 15.9 Å². The van der Waals surface area contributed by atoms with Gasteiger partial charge in [-0.25, -0.2) is 12.7 Å². The Kier molecular flexibility index (Phi) is 7.68. The number of amides is 1.